The maximum atomic E-state index is 12.9. The standard InChI is InChI=1S/C12H11BrFN3/c1-15-12-7-9(4-5-16-12)17-11-3-2-8(14)6-10(11)13/h2-7H,1H3,(H2,15,16,17). The van der Waals surface area contributed by atoms with E-state index < -0.39 is 0 Å². The fraction of sp³-hybridized carbons (Fsp3) is 0.0833. The summed E-state index contributed by atoms with van der Waals surface area (Å²) in [7, 11) is 1.81. The van der Waals surface area contributed by atoms with E-state index in [2.05, 4.69) is 31.5 Å². The molecule has 1 heterocycles. The first kappa shape index (κ1) is 11.9. The number of rotatable bonds is 3. The molecule has 0 unspecified atom stereocenters. The highest BCUT2D eigenvalue weighted by atomic mass is 79.9. The lowest BCUT2D eigenvalue weighted by Crippen LogP contribution is -1.96. The lowest BCUT2D eigenvalue weighted by atomic mass is 10.3. The van der Waals surface area contributed by atoms with Gasteiger partial charge in [-0.2, -0.15) is 0 Å². The fourth-order valence-electron chi connectivity index (χ4n) is 1.39. The van der Waals surface area contributed by atoms with Crippen molar-refractivity contribution in [1.29, 1.82) is 0 Å². The maximum absolute atomic E-state index is 12.9. The van der Waals surface area contributed by atoms with Crippen LogP contribution in [0.4, 0.5) is 21.6 Å². The van der Waals surface area contributed by atoms with Gasteiger partial charge >= 0.3 is 0 Å². The van der Waals surface area contributed by atoms with Crippen molar-refractivity contribution in [2.75, 3.05) is 17.7 Å². The summed E-state index contributed by atoms with van der Waals surface area (Å²) in [6, 6.07) is 8.22. The minimum atomic E-state index is -0.270. The van der Waals surface area contributed by atoms with Gasteiger partial charge in [0.1, 0.15) is 11.6 Å². The van der Waals surface area contributed by atoms with Crippen molar-refractivity contribution in [2.24, 2.45) is 0 Å². The molecule has 0 fully saturated rings. The van der Waals surface area contributed by atoms with Crippen molar-refractivity contribution in [2.45, 2.75) is 0 Å². The molecular weight excluding hydrogens is 285 g/mol. The van der Waals surface area contributed by atoms with Crippen LogP contribution in [-0.2, 0) is 0 Å². The molecule has 0 saturated heterocycles. The summed E-state index contributed by atoms with van der Waals surface area (Å²) in [5.74, 6) is 0.501. The van der Waals surface area contributed by atoms with Crippen molar-refractivity contribution < 1.29 is 4.39 Å². The van der Waals surface area contributed by atoms with Crippen LogP contribution in [0.2, 0.25) is 0 Å². The Morgan fingerprint density at radius 3 is 2.76 bits per heavy atom. The quantitative estimate of drug-likeness (QED) is 0.905. The van der Waals surface area contributed by atoms with Gasteiger partial charge in [0.25, 0.3) is 0 Å². The van der Waals surface area contributed by atoms with Crippen molar-refractivity contribution in [3.05, 3.63) is 46.8 Å². The molecule has 2 N–H and O–H groups in total. The minimum absolute atomic E-state index is 0.270. The molecule has 1 aromatic heterocycles. The number of nitrogens with zero attached hydrogens (tertiary/aromatic N) is 1. The van der Waals surface area contributed by atoms with Crippen LogP contribution in [0.3, 0.4) is 0 Å². The van der Waals surface area contributed by atoms with Gasteiger partial charge in [0.15, 0.2) is 0 Å². The van der Waals surface area contributed by atoms with E-state index in [0.717, 1.165) is 17.2 Å². The highest BCUT2D eigenvalue weighted by molar-refractivity contribution is 9.10. The summed E-state index contributed by atoms with van der Waals surface area (Å²) < 4.78 is 13.6. The van der Waals surface area contributed by atoms with Crippen molar-refractivity contribution in [3.8, 4) is 0 Å². The highest BCUT2D eigenvalue weighted by Crippen LogP contribution is 2.26. The van der Waals surface area contributed by atoms with Crippen LogP contribution in [0.15, 0.2) is 41.0 Å². The molecule has 0 atom stereocenters. The van der Waals surface area contributed by atoms with Gasteiger partial charge in [0, 0.05) is 29.5 Å². The SMILES string of the molecule is CNc1cc(Nc2ccc(F)cc2Br)ccn1. The summed E-state index contributed by atoms with van der Waals surface area (Å²) in [6.45, 7) is 0. The van der Waals surface area contributed by atoms with Gasteiger partial charge in [-0.1, -0.05) is 0 Å². The average molecular weight is 296 g/mol. The lowest BCUT2D eigenvalue weighted by Gasteiger charge is -2.09. The van der Waals surface area contributed by atoms with E-state index >= 15 is 0 Å². The molecular formula is C12H11BrFN3. The Balaban J connectivity index is 2.25. The lowest BCUT2D eigenvalue weighted by molar-refractivity contribution is 0.627. The van der Waals surface area contributed by atoms with Crippen LogP contribution >= 0.6 is 15.9 Å². The smallest absolute Gasteiger partial charge is 0.127 e. The molecule has 88 valence electrons. The van der Waals surface area contributed by atoms with Crippen molar-refractivity contribution in [3.63, 3.8) is 0 Å². The summed E-state index contributed by atoms with van der Waals surface area (Å²) >= 11 is 3.31. The third-order valence-corrected chi connectivity index (χ3v) is 2.88. The van der Waals surface area contributed by atoms with Crippen LogP contribution in [0.25, 0.3) is 0 Å². The van der Waals surface area contributed by atoms with E-state index in [1.54, 1.807) is 19.3 Å². The van der Waals surface area contributed by atoms with E-state index in [4.69, 9.17) is 0 Å². The molecule has 0 bridgehead atoms. The number of benzene rings is 1. The Labute approximate surface area is 107 Å². The van der Waals surface area contributed by atoms with Gasteiger partial charge in [-0.25, -0.2) is 9.37 Å². The Kier molecular flexibility index (Phi) is 3.58. The average Bonchev–Trinajstić information content (AvgIpc) is 2.33. The second-order valence-corrected chi connectivity index (χ2v) is 4.28. The topological polar surface area (TPSA) is 37.0 Å². The van der Waals surface area contributed by atoms with E-state index in [1.165, 1.54) is 12.1 Å². The molecule has 2 aromatic rings. The van der Waals surface area contributed by atoms with E-state index in [-0.39, 0.29) is 5.82 Å². The summed E-state index contributed by atoms with van der Waals surface area (Å²) in [4.78, 5) is 4.11. The Morgan fingerprint density at radius 2 is 2.06 bits per heavy atom. The number of hydrogen-bond acceptors (Lipinski definition) is 3. The predicted molar refractivity (Wildman–Crippen MR) is 71.2 cm³/mol. The van der Waals surface area contributed by atoms with Crippen LogP contribution in [0, 0.1) is 5.82 Å². The number of pyridine rings is 1. The van der Waals surface area contributed by atoms with E-state index in [1.807, 2.05) is 12.1 Å². The zero-order chi connectivity index (χ0) is 12.3. The first-order valence-electron chi connectivity index (χ1n) is 5.05. The summed E-state index contributed by atoms with van der Waals surface area (Å²) in [6.07, 6.45) is 1.70. The molecule has 2 rings (SSSR count). The highest BCUT2D eigenvalue weighted by Gasteiger charge is 2.02. The Bertz CT molecular complexity index is 531. The third kappa shape index (κ3) is 2.94. The molecule has 0 amide bonds. The van der Waals surface area contributed by atoms with Crippen LogP contribution in [0.5, 0.6) is 0 Å². The van der Waals surface area contributed by atoms with Gasteiger partial charge in [-0.05, 0) is 40.2 Å². The maximum Gasteiger partial charge on any atom is 0.127 e. The second kappa shape index (κ2) is 5.14. The molecule has 0 saturated carbocycles. The molecule has 0 radical (unpaired) electrons. The molecule has 17 heavy (non-hydrogen) atoms. The van der Waals surface area contributed by atoms with Crippen LogP contribution < -0.4 is 10.6 Å². The first-order chi connectivity index (χ1) is 8.19. The number of hydrogen-bond donors (Lipinski definition) is 2. The summed E-state index contributed by atoms with van der Waals surface area (Å²) in [5, 5.41) is 6.13. The zero-order valence-corrected chi connectivity index (χ0v) is 10.8. The fourth-order valence-corrected chi connectivity index (χ4v) is 1.84. The number of aromatic nitrogens is 1. The monoisotopic (exact) mass is 295 g/mol. The predicted octanol–water partition coefficient (Wildman–Crippen LogP) is 3.77. The zero-order valence-electron chi connectivity index (χ0n) is 9.17. The van der Waals surface area contributed by atoms with Gasteiger partial charge in [0.2, 0.25) is 0 Å². The van der Waals surface area contributed by atoms with E-state index in [0.29, 0.717) is 4.47 Å². The summed E-state index contributed by atoms with van der Waals surface area (Å²) in [5.41, 5.74) is 1.69. The Hall–Kier alpha value is -1.62. The second-order valence-electron chi connectivity index (χ2n) is 3.43. The van der Waals surface area contributed by atoms with E-state index in [9.17, 15) is 4.39 Å². The van der Waals surface area contributed by atoms with Gasteiger partial charge in [-0.3, -0.25) is 0 Å². The molecule has 1 aromatic carbocycles. The number of nitrogens with one attached hydrogen (secondary N) is 2. The largest absolute Gasteiger partial charge is 0.373 e. The number of halogens is 2. The molecule has 3 nitrogen and oxygen atoms in total. The molecule has 0 aliphatic carbocycles. The third-order valence-electron chi connectivity index (χ3n) is 2.23. The van der Waals surface area contributed by atoms with Gasteiger partial charge in [-0.15, -0.1) is 0 Å². The number of anilines is 3. The van der Waals surface area contributed by atoms with Crippen molar-refractivity contribution >= 4 is 33.1 Å². The molecule has 0 aliphatic heterocycles. The first-order valence-corrected chi connectivity index (χ1v) is 5.84. The van der Waals surface area contributed by atoms with Gasteiger partial charge in [0.05, 0.1) is 5.69 Å². The van der Waals surface area contributed by atoms with Gasteiger partial charge < -0.3 is 10.6 Å². The normalized spacial score (nSPS) is 10.1. The van der Waals surface area contributed by atoms with Crippen LogP contribution in [0.1, 0.15) is 0 Å². The van der Waals surface area contributed by atoms with Crippen molar-refractivity contribution in [1.82, 2.24) is 4.98 Å². The molecule has 0 aliphatic rings. The molecule has 5 heteroatoms. The Morgan fingerprint density at radius 1 is 1.24 bits per heavy atom. The molecule has 0 spiro atoms. The van der Waals surface area contributed by atoms with Crippen LogP contribution in [-0.4, -0.2) is 12.0 Å². The minimum Gasteiger partial charge on any atom is -0.373 e.